The van der Waals surface area contributed by atoms with Crippen molar-refractivity contribution in [2.75, 3.05) is 0 Å². The van der Waals surface area contributed by atoms with E-state index in [1.807, 2.05) is 36.4 Å². The van der Waals surface area contributed by atoms with Crippen LogP contribution in [-0.2, 0) is 0 Å². The summed E-state index contributed by atoms with van der Waals surface area (Å²) < 4.78 is 0. The Bertz CT molecular complexity index is 390. The normalized spacial score (nSPS) is 10.4. The molecular weight excluding hydrogens is 178 g/mol. The first-order valence-electron chi connectivity index (χ1n) is 3.95. The van der Waals surface area contributed by atoms with Gasteiger partial charge in [-0.1, -0.05) is 30.3 Å². The fraction of sp³-hybridized carbons (Fsp3) is 0. The van der Waals surface area contributed by atoms with E-state index in [2.05, 4.69) is 5.32 Å². The minimum absolute atomic E-state index is 0.128. The van der Waals surface area contributed by atoms with Crippen molar-refractivity contribution in [1.29, 1.82) is 5.26 Å². The largest absolute Gasteiger partial charge is 0.351 e. The zero-order valence-corrected chi connectivity index (χ0v) is 7.40. The molecule has 0 aliphatic rings. The molecule has 0 aliphatic heterocycles. The number of nitriles is 1. The Morgan fingerprint density at radius 1 is 1.43 bits per heavy atom. The Kier molecular flexibility index (Phi) is 3.27. The molecule has 70 valence electrons. The number of nitrogens with one attached hydrogen (secondary N) is 1. The van der Waals surface area contributed by atoms with E-state index < -0.39 is 6.03 Å². The maximum atomic E-state index is 10.5. The van der Waals surface area contributed by atoms with Crippen LogP contribution in [0.15, 0.2) is 36.0 Å². The maximum Gasteiger partial charge on any atom is 0.317 e. The van der Waals surface area contributed by atoms with Gasteiger partial charge in [-0.05, 0) is 11.6 Å². The molecule has 1 aromatic carbocycles. The summed E-state index contributed by atoms with van der Waals surface area (Å²) in [6, 6.07) is 10.3. The molecule has 0 radical (unpaired) electrons. The summed E-state index contributed by atoms with van der Waals surface area (Å²) in [6.45, 7) is 0. The number of nitrogens with zero attached hydrogens (tertiary/aromatic N) is 1. The van der Waals surface area contributed by atoms with Gasteiger partial charge in [0.05, 0.1) is 0 Å². The third-order valence-corrected chi connectivity index (χ3v) is 1.49. The van der Waals surface area contributed by atoms with Gasteiger partial charge in [0.25, 0.3) is 0 Å². The molecule has 0 aromatic heterocycles. The number of hydrogen-bond donors (Lipinski definition) is 2. The van der Waals surface area contributed by atoms with E-state index in [1.165, 1.54) is 0 Å². The highest BCUT2D eigenvalue weighted by molar-refractivity contribution is 5.76. The third kappa shape index (κ3) is 2.99. The molecule has 0 saturated heterocycles. The highest BCUT2D eigenvalue weighted by atomic mass is 16.2. The van der Waals surface area contributed by atoms with Crippen LogP contribution < -0.4 is 11.1 Å². The molecule has 2 amide bonds. The van der Waals surface area contributed by atoms with Crippen molar-refractivity contribution in [3.05, 3.63) is 41.6 Å². The number of carbonyl (C=O) groups excluding carboxylic acids is 1. The summed E-state index contributed by atoms with van der Waals surface area (Å²) in [4.78, 5) is 10.5. The molecule has 4 nitrogen and oxygen atoms in total. The number of nitrogens with two attached hydrogens (primary N) is 1. The molecule has 0 spiro atoms. The van der Waals surface area contributed by atoms with E-state index in [0.29, 0.717) is 0 Å². The Balaban J connectivity index is 2.86. The third-order valence-electron chi connectivity index (χ3n) is 1.49. The Morgan fingerprint density at radius 3 is 2.57 bits per heavy atom. The topological polar surface area (TPSA) is 78.9 Å². The second kappa shape index (κ2) is 4.67. The summed E-state index contributed by atoms with van der Waals surface area (Å²) in [6.07, 6.45) is 1.55. The van der Waals surface area contributed by atoms with Gasteiger partial charge in [-0.15, -0.1) is 0 Å². The van der Waals surface area contributed by atoms with Crippen molar-refractivity contribution in [2.45, 2.75) is 0 Å². The lowest BCUT2D eigenvalue weighted by Gasteiger charge is -1.98. The molecule has 14 heavy (non-hydrogen) atoms. The first-order valence-corrected chi connectivity index (χ1v) is 3.95. The van der Waals surface area contributed by atoms with Gasteiger partial charge in [-0.2, -0.15) is 5.26 Å². The van der Waals surface area contributed by atoms with Crippen molar-refractivity contribution < 1.29 is 4.79 Å². The first-order chi connectivity index (χ1) is 6.72. The molecule has 0 fully saturated rings. The number of urea groups is 1. The monoisotopic (exact) mass is 187 g/mol. The predicted octanol–water partition coefficient (Wildman–Crippen LogP) is 1.22. The molecule has 0 bridgehead atoms. The molecule has 1 aromatic rings. The lowest BCUT2D eigenvalue weighted by Crippen LogP contribution is -2.27. The molecule has 0 unspecified atom stereocenters. The van der Waals surface area contributed by atoms with Gasteiger partial charge in [0.1, 0.15) is 11.8 Å². The molecule has 4 heteroatoms. The second-order valence-corrected chi connectivity index (χ2v) is 2.57. The highest BCUT2D eigenvalue weighted by Crippen LogP contribution is 2.03. The van der Waals surface area contributed by atoms with E-state index in [0.717, 1.165) is 5.56 Å². The summed E-state index contributed by atoms with van der Waals surface area (Å²) >= 11 is 0. The van der Waals surface area contributed by atoms with Gasteiger partial charge in [-0.3, -0.25) is 5.32 Å². The number of primary amides is 1. The molecule has 0 heterocycles. The number of benzene rings is 1. The predicted molar refractivity (Wildman–Crippen MR) is 52.8 cm³/mol. The quantitative estimate of drug-likeness (QED) is 0.682. The van der Waals surface area contributed by atoms with Gasteiger partial charge >= 0.3 is 6.03 Å². The Hall–Kier alpha value is -2.28. The number of rotatable bonds is 2. The van der Waals surface area contributed by atoms with Crippen molar-refractivity contribution in [1.82, 2.24) is 5.32 Å². The van der Waals surface area contributed by atoms with Crippen LogP contribution >= 0.6 is 0 Å². The maximum absolute atomic E-state index is 10.5. The van der Waals surface area contributed by atoms with Gasteiger partial charge in [0.2, 0.25) is 0 Å². The number of amides is 2. The molecule has 0 aliphatic carbocycles. The molecular formula is C10H9N3O. The summed E-state index contributed by atoms with van der Waals surface area (Å²) in [7, 11) is 0. The van der Waals surface area contributed by atoms with Crippen LogP contribution in [0.3, 0.4) is 0 Å². The van der Waals surface area contributed by atoms with Crippen molar-refractivity contribution in [2.24, 2.45) is 5.73 Å². The number of hydrogen-bond acceptors (Lipinski definition) is 2. The number of carbonyl (C=O) groups is 1. The fourth-order valence-electron chi connectivity index (χ4n) is 0.945. The van der Waals surface area contributed by atoms with E-state index in [-0.39, 0.29) is 5.70 Å². The summed E-state index contributed by atoms with van der Waals surface area (Å²) in [5, 5.41) is 10.9. The highest BCUT2D eigenvalue weighted by Gasteiger charge is 1.97. The second-order valence-electron chi connectivity index (χ2n) is 2.57. The van der Waals surface area contributed by atoms with Gasteiger partial charge in [-0.25, -0.2) is 4.79 Å². The zero-order valence-electron chi connectivity index (χ0n) is 7.40. The van der Waals surface area contributed by atoms with Crippen LogP contribution in [-0.4, -0.2) is 6.03 Å². The van der Waals surface area contributed by atoms with Crippen LogP contribution in [0.5, 0.6) is 0 Å². The van der Waals surface area contributed by atoms with Crippen molar-refractivity contribution >= 4 is 12.1 Å². The molecule has 0 atom stereocenters. The van der Waals surface area contributed by atoms with Crippen LogP contribution in [0.4, 0.5) is 4.79 Å². The lowest BCUT2D eigenvalue weighted by molar-refractivity contribution is 0.251. The number of allylic oxidation sites excluding steroid dienone is 1. The van der Waals surface area contributed by atoms with E-state index >= 15 is 0 Å². The van der Waals surface area contributed by atoms with Crippen molar-refractivity contribution in [3.63, 3.8) is 0 Å². The standard InChI is InChI=1S/C10H9N3O/c11-7-9(13-10(12)14)6-8-4-2-1-3-5-8/h1-6H,(H3,12,13,14)/b9-6+. The van der Waals surface area contributed by atoms with Crippen LogP contribution in [0.25, 0.3) is 6.08 Å². The average Bonchev–Trinajstić information content (AvgIpc) is 2.17. The fourth-order valence-corrected chi connectivity index (χ4v) is 0.945. The molecule has 0 saturated carbocycles. The van der Waals surface area contributed by atoms with E-state index in [4.69, 9.17) is 11.0 Å². The minimum atomic E-state index is -0.742. The lowest BCUT2D eigenvalue weighted by atomic mass is 10.2. The van der Waals surface area contributed by atoms with Gasteiger partial charge in [0.15, 0.2) is 0 Å². The van der Waals surface area contributed by atoms with E-state index in [9.17, 15) is 4.79 Å². The Labute approximate surface area is 81.6 Å². The zero-order chi connectivity index (χ0) is 10.4. The summed E-state index contributed by atoms with van der Waals surface area (Å²) in [5.41, 5.74) is 5.84. The van der Waals surface area contributed by atoms with Crippen LogP contribution in [0.2, 0.25) is 0 Å². The van der Waals surface area contributed by atoms with E-state index in [1.54, 1.807) is 6.08 Å². The van der Waals surface area contributed by atoms with Crippen LogP contribution in [0, 0.1) is 11.3 Å². The molecule has 3 N–H and O–H groups in total. The Morgan fingerprint density at radius 2 is 2.07 bits per heavy atom. The van der Waals surface area contributed by atoms with Crippen molar-refractivity contribution in [3.8, 4) is 6.07 Å². The van der Waals surface area contributed by atoms with Gasteiger partial charge < -0.3 is 5.73 Å². The van der Waals surface area contributed by atoms with Gasteiger partial charge in [0, 0.05) is 0 Å². The first kappa shape index (κ1) is 9.81. The SMILES string of the molecule is N#C/C(=C\c1ccccc1)NC(N)=O. The molecule has 1 rings (SSSR count). The minimum Gasteiger partial charge on any atom is -0.351 e. The average molecular weight is 187 g/mol. The van der Waals surface area contributed by atoms with Crippen LogP contribution in [0.1, 0.15) is 5.56 Å². The smallest absolute Gasteiger partial charge is 0.317 e. The summed E-state index contributed by atoms with van der Waals surface area (Å²) in [5.74, 6) is 0.